The number of para-hydroxylation sites is 2. The minimum absolute atomic E-state index is 0.443. The van der Waals surface area contributed by atoms with E-state index in [1.165, 1.54) is 61.2 Å². The van der Waals surface area contributed by atoms with Crippen LogP contribution in [0.1, 0.15) is 22.3 Å². The second-order valence-electron chi connectivity index (χ2n) is 16.7. The monoisotopic (exact) mass is 801 g/mol. The van der Waals surface area contributed by atoms with Gasteiger partial charge in [0.2, 0.25) is 0 Å². The van der Waals surface area contributed by atoms with Crippen molar-refractivity contribution >= 4 is 39.0 Å². The Morgan fingerprint density at radius 2 is 0.825 bits per heavy atom. The van der Waals surface area contributed by atoms with E-state index in [9.17, 15) is 0 Å². The zero-order chi connectivity index (χ0) is 41.5. The van der Waals surface area contributed by atoms with Gasteiger partial charge in [-0.25, -0.2) is 0 Å². The lowest BCUT2D eigenvalue weighted by molar-refractivity contribution is 0.669. The fourth-order valence-corrected chi connectivity index (χ4v) is 10.9. The van der Waals surface area contributed by atoms with Crippen LogP contribution in [0.2, 0.25) is 0 Å². The van der Waals surface area contributed by atoms with Crippen molar-refractivity contribution in [2.75, 3.05) is 4.90 Å². The summed E-state index contributed by atoms with van der Waals surface area (Å²) in [7, 11) is 0. The summed E-state index contributed by atoms with van der Waals surface area (Å²) in [6.45, 7) is 0. The fraction of sp³-hybridized carbons (Fsp3) is 0.0164. The highest BCUT2D eigenvalue weighted by Gasteiger charge is 2.52. The zero-order valence-corrected chi connectivity index (χ0v) is 34.4. The quantitative estimate of drug-likeness (QED) is 0.167. The highest BCUT2D eigenvalue weighted by Crippen LogP contribution is 2.64. The van der Waals surface area contributed by atoms with Gasteiger partial charge in [0.15, 0.2) is 0 Å². The molecule has 2 heteroatoms. The first-order chi connectivity index (χ1) is 31.3. The van der Waals surface area contributed by atoms with E-state index in [0.29, 0.717) is 0 Å². The van der Waals surface area contributed by atoms with Crippen LogP contribution >= 0.6 is 0 Å². The van der Waals surface area contributed by atoms with Crippen LogP contribution in [0.15, 0.2) is 241 Å². The molecule has 2 aliphatic carbocycles. The second kappa shape index (κ2) is 13.9. The molecule has 0 amide bonds. The Morgan fingerprint density at radius 1 is 0.302 bits per heavy atom. The molecule has 10 aromatic carbocycles. The molecule has 2 aliphatic rings. The summed E-state index contributed by atoms with van der Waals surface area (Å²) >= 11 is 0. The van der Waals surface area contributed by atoms with Gasteiger partial charge >= 0.3 is 0 Å². The molecule has 1 spiro atoms. The number of furan rings is 1. The minimum atomic E-state index is -0.443. The maximum Gasteiger partial charge on any atom is 0.135 e. The van der Waals surface area contributed by atoms with Crippen molar-refractivity contribution in [3.05, 3.63) is 259 Å². The van der Waals surface area contributed by atoms with Crippen molar-refractivity contribution in [1.29, 1.82) is 0 Å². The zero-order valence-electron chi connectivity index (χ0n) is 34.4. The highest BCUT2D eigenvalue weighted by atomic mass is 16.3. The van der Waals surface area contributed by atoms with Crippen molar-refractivity contribution in [1.82, 2.24) is 0 Å². The molecule has 11 aromatic rings. The van der Waals surface area contributed by atoms with E-state index in [1.54, 1.807) is 0 Å². The van der Waals surface area contributed by atoms with Crippen LogP contribution in [0.4, 0.5) is 17.1 Å². The Kier molecular flexibility index (Phi) is 7.85. The molecule has 294 valence electrons. The van der Waals surface area contributed by atoms with Crippen LogP contribution in [0.5, 0.6) is 0 Å². The summed E-state index contributed by atoms with van der Waals surface area (Å²) in [4.78, 5) is 2.45. The number of nitrogens with zero attached hydrogens (tertiary/aromatic N) is 1. The van der Waals surface area contributed by atoms with E-state index in [4.69, 9.17) is 4.42 Å². The normalized spacial score (nSPS) is 12.9. The number of rotatable bonds is 6. The first-order valence-corrected chi connectivity index (χ1v) is 21.8. The predicted molar refractivity (Wildman–Crippen MR) is 261 cm³/mol. The van der Waals surface area contributed by atoms with Gasteiger partial charge in [-0.2, -0.15) is 0 Å². The molecular formula is C61H39NO. The molecule has 0 saturated heterocycles. The number of fused-ring (bicyclic) bond motifs is 13. The smallest absolute Gasteiger partial charge is 0.135 e. The predicted octanol–water partition coefficient (Wildman–Crippen LogP) is 16.4. The van der Waals surface area contributed by atoms with Crippen molar-refractivity contribution in [3.63, 3.8) is 0 Å². The molecule has 0 atom stereocenters. The lowest BCUT2D eigenvalue weighted by Gasteiger charge is -2.31. The third kappa shape index (κ3) is 5.25. The van der Waals surface area contributed by atoms with E-state index < -0.39 is 5.41 Å². The van der Waals surface area contributed by atoms with E-state index in [2.05, 4.69) is 229 Å². The van der Waals surface area contributed by atoms with Gasteiger partial charge in [0.1, 0.15) is 11.2 Å². The molecule has 2 nitrogen and oxygen atoms in total. The van der Waals surface area contributed by atoms with E-state index >= 15 is 0 Å². The molecule has 0 saturated carbocycles. The van der Waals surface area contributed by atoms with Gasteiger partial charge < -0.3 is 9.32 Å². The largest absolute Gasteiger partial charge is 0.456 e. The first-order valence-electron chi connectivity index (χ1n) is 21.8. The van der Waals surface area contributed by atoms with Crippen LogP contribution in [0.3, 0.4) is 0 Å². The van der Waals surface area contributed by atoms with Crippen molar-refractivity contribution in [3.8, 4) is 55.6 Å². The maximum atomic E-state index is 6.29. The number of hydrogen-bond donors (Lipinski definition) is 0. The Hall–Kier alpha value is -8.20. The summed E-state index contributed by atoms with van der Waals surface area (Å²) in [5.41, 5.74) is 22.1. The van der Waals surface area contributed by atoms with Gasteiger partial charge in [0.25, 0.3) is 0 Å². The Morgan fingerprint density at radius 3 is 1.60 bits per heavy atom. The van der Waals surface area contributed by atoms with Gasteiger partial charge in [0, 0.05) is 27.7 Å². The van der Waals surface area contributed by atoms with E-state index in [-0.39, 0.29) is 0 Å². The average molecular weight is 802 g/mol. The minimum Gasteiger partial charge on any atom is -0.456 e. The number of anilines is 3. The summed E-state index contributed by atoms with van der Waals surface area (Å²) in [6.07, 6.45) is 0. The topological polar surface area (TPSA) is 16.4 Å². The third-order valence-corrected chi connectivity index (χ3v) is 13.5. The summed E-state index contributed by atoms with van der Waals surface area (Å²) in [5.74, 6) is 0. The molecule has 0 N–H and O–H groups in total. The molecule has 63 heavy (non-hydrogen) atoms. The van der Waals surface area contributed by atoms with Gasteiger partial charge in [-0.05, 0) is 121 Å². The lowest BCUT2D eigenvalue weighted by atomic mass is 9.70. The molecule has 1 heterocycles. The molecule has 1 aromatic heterocycles. The molecule has 13 rings (SSSR count). The van der Waals surface area contributed by atoms with Crippen molar-refractivity contribution in [2.45, 2.75) is 5.41 Å². The standard InChI is InChI=1S/C61H39NO/c1-3-17-40(18-4-1)41-19-15-22-45(37-41)62(44-20-5-2-6-21-44)57-39-43(42-34-36-59-52(38-42)49-25-10-14-32-58(49)63-59)33-35-48(57)50-27-16-31-56-60(50)51-26-9-13-30-55(51)61(56)53-28-11-7-23-46(53)47-24-8-12-29-54(47)61/h1-39H. The summed E-state index contributed by atoms with van der Waals surface area (Å²) < 4.78 is 6.29. The van der Waals surface area contributed by atoms with Gasteiger partial charge in [0.05, 0.1) is 11.1 Å². The van der Waals surface area contributed by atoms with E-state index in [0.717, 1.165) is 55.7 Å². The molecule has 0 aliphatic heterocycles. The molecule has 0 radical (unpaired) electrons. The maximum absolute atomic E-state index is 6.29. The van der Waals surface area contributed by atoms with Crippen LogP contribution in [-0.4, -0.2) is 0 Å². The summed E-state index contributed by atoms with van der Waals surface area (Å²) in [6, 6.07) is 86.7. The average Bonchev–Trinajstić information content (AvgIpc) is 3.99. The van der Waals surface area contributed by atoms with Crippen LogP contribution < -0.4 is 4.90 Å². The molecule has 0 unspecified atom stereocenters. The number of hydrogen-bond acceptors (Lipinski definition) is 2. The second-order valence-corrected chi connectivity index (χ2v) is 16.7. The van der Waals surface area contributed by atoms with E-state index in [1.807, 2.05) is 12.1 Å². The van der Waals surface area contributed by atoms with Crippen molar-refractivity contribution < 1.29 is 4.42 Å². The van der Waals surface area contributed by atoms with Crippen LogP contribution in [-0.2, 0) is 5.41 Å². The van der Waals surface area contributed by atoms with Crippen LogP contribution in [0, 0.1) is 0 Å². The molecule has 0 fully saturated rings. The van der Waals surface area contributed by atoms with Crippen molar-refractivity contribution in [2.24, 2.45) is 0 Å². The van der Waals surface area contributed by atoms with Gasteiger partial charge in [-0.1, -0.05) is 188 Å². The highest BCUT2D eigenvalue weighted by molar-refractivity contribution is 6.07. The Bertz CT molecular complexity index is 3540. The van der Waals surface area contributed by atoms with Gasteiger partial charge in [-0.15, -0.1) is 0 Å². The fourth-order valence-electron chi connectivity index (χ4n) is 10.9. The van der Waals surface area contributed by atoms with Crippen LogP contribution in [0.25, 0.3) is 77.6 Å². The Labute approximate surface area is 366 Å². The summed E-state index contributed by atoms with van der Waals surface area (Å²) in [5, 5.41) is 2.24. The lowest BCUT2D eigenvalue weighted by Crippen LogP contribution is -2.25. The Balaban J connectivity index is 1.10. The SMILES string of the molecule is c1ccc(-c2cccc(N(c3ccccc3)c3cc(-c4ccc5oc6ccccc6c5c4)ccc3-c3cccc4c3-c3ccccc3C43c4ccccc4-c4ccccc43)c2)cc1. The third-order valence-electron chi connectivity index (χ3n) is 13.5. The number of benzene rings is 10. The first kappa shape index (κ1) is 35.5. The van der Waals surface area contributed by atoms with Gasteiger partial charge in [-0.3, -0.25) is 0 Å². The molecule has 0 bridgehead atoms. The molecular weight excluding hydrogens is 763 g/mol.